The Morgan fingerprint density at radius 2 is 1.74 bits per heavy atom. The molecule has 0 amide bonds. The molecule has 0 radical (unpaired) electrons. The minimum atomic E-state index is -1.34. The molecule has 2 saturated carbocycles. The summed E-state index contributed by atoms with van der Waals surface area (Å²) in [5.41, 5.74) is 2.72. The van der Waals surface area contributed by atoms with E-state index in [-0.39, 0.29) is 29.8 Å². The van der Waals surface area contributed by atoms with Crippen LogP contribution < -0.4 is 0 Å². The molecule has 0 aromatic heterocycles. The van der Waals surface area contributed by atoms with Crippen LogP contribution in [0.1, 0.15) is 92.4 Å². The van der Waals surface area contributed by atoms with Crippen molar-refractivity contribution in [1.29, 1.82) is 0 Å². The molecule has 4 aliphatic carbocycles. The summed E-state index contributed by atoms with van der Waals surface area (Å²) in [5, 5.41) is 43.4. The molecule has 5 rings (SSSR count). The lowest BCUT2D eigenvalue weighted by Crippen LogP contribution is -2.61. The maximum atomic E-state index is 14.2. The van der Waals surface area contributed by atoms with E-state index < -0.39 is 53.7 Å². The van der Waals surface area contributed by atoms with Gasteiger partial charge >= 0.3 is 5.97 Å². The average Bonchev–Trinajstić information content (AvgIpc) is 3.29. The third-order valence-corrected chi connectivity index (χ3v) is 13.7. The van der Waals surface area contributed by atoms with Crippen LogP contribution in [-0.4, -0.2) is 90.1 Å². The van der Waals surface area contributed by atoms with Crippen LogP contribution in [-0.2, 0) is 23.7 Å². The molecular weight excluding hydrogens is 600 g/mol. The molecule has 9 nitrogen and oxygen atoms in total. The van der Waals surface area contributed by atoms with Gasteiger partial charge in [-0.3, -0.25) is 4.79 Å². The molecule has 5 aliphatic rings. The Morgan fingerprint density at radius 1 is 1.04 bits per heavy atom. The molecule has 4 N–H and O–H groups in total. The normalized spacial score (nSPS) is 44.1. The quantitative estimate of drug-likeness (QED) is 0.192. The van der Waals surface area contributed by atoms with Gasteiger partial charge < -0.3 is 39.4 Å². The van der Waals surface area contributed by atoms with E-state index >= 15 is 0 Å². The van der Waals surface area contributed by atoms with E-state index in [2.05, 4.69) is 47.8 Å². The van der Waals surface area contributed by atoms with E-state index in [0.717, 1.165) is 49.7 Å². The van der Waals surface area contributed by atoms with E-state index in [1.165, 1.54) is 25.4 Å². The van der Waals surface area contributed by atoms with Gasteiger partial charge in [-0.05, 0) is 97.9 Å². The van der Waals surface area contributed by atoms with Crippen LogP contribution >= 0.6 is 0 Å². The minimum absolute atomic E-state index is 0.0698. The molecule has 266 valence electrons. The predicted molar refractivity (Wildman–Crippen MR) is 178 cm³/mol. The number of carbonyl (C=O) groups excluding carboxylic acids is 1. The van der Waals surface area contributed by atoms with Crippen molar-refractivity contribution in [3.8, 4) is 0 Å². The Bertz CT molecular complexity index is 1240. The summed E-state index contributed by atoms with van der Waals surface area (Å²) in [6, 6.07) is 0. The number of methoxy groups -OCH3 is 2. The maximum Gasteiger partial charge on any atom is 0.319 e. The second-order valence-electron chi connectivity index (χ2n) is 16.0. The van der Waals surface area contributed by atoms with Crippen molar-refractivity contribution in [1.82, 2.24) is 0 Å². The van der Waals surface area contributed by atoms with E-state index in [1.807, 2.05) is 0 Å². The number of aliphatic hydroxyl groups excluding tert-OH is 4. The van der Waals surface area contributed by atoms with Gasteiger partial charge in [0.1, 0.15) is 29.8 Å². The van der Waals surface area contributed by atoms with Gasteiger partial charge in [-0.2, -0.15) is 0 Å². The lowest BCUT2D eigenvalue weighted by molar-refractivity contribution is -0.313. The summed E-state index contributed by atoms with van der Waals surface area (Å²) in [5.74, 6) is 0.683. The van der Waals surface area contributed by atoms with Crippen molar-refractivity contribution < 1.29 is 44.2 Å². The fourth-order valence-corrected chi connectivity index (χ4v) is 10.8. The Labute approximate surface area is 281 Å². The van der Waals surface area contributed by atoms with Crippen molar-refractivity contribution in [2.75, 3.05) is 20.8 Å². The molecule has 9 heteroatoms. The smallest absolute Gasteiger partial charge is 0.319 e. The fourth-order valence-electron chi connectivity index (χ4n) is 10.8. The van der Waals surface area contributed by atoms with Crippen molar-refractivity contribution >= 4 is 5.97 Å². The van der Waals surface area contributed by atoms with Crippen molar-refractivity contribution in [2.45, 2.75) is 135 Å². The zero-order valence-corrected chi connectivity index (χ0v) is 29.7. The van der Waals surface area contributed by atoms with Gasteiger partial charge in [-0.25, -0.2) is 0 Å². The van der Waals surface area contributed by atoms with Crippen LogP contribution in [0.15, 0.2) is 35.5 Å². The summed E-state index contributed by atoms with van der Waals surface area (Å²) in [6.07, 6.45) is 0.288. The topological polar surface area (TPSA) is 135 Å². The van der Waals surface area contributed by atoms with Crippen molar-refractivity contribution in [3.05, 3.63) is 35.5 Å². The molecule has 0 bridgehead atoms. The lowest BCUT2D eigenvalue weighted by Gasteiger charge is -2.59. The first-order valence-corrected chi connectivity index (χ1v) is 17.8. The summed E-state index contributed by atoms with van der Waals surface area (Å²) in [7, 11) is 2.85. The lowest BCUT2D eigenvalue weighted by atomic mass is 9.45. The highest BCUT2D eigenvalue weighted by atomic mass is 16.7. The number of allylic oxidation sites excluding steroid dienone is 2. The number of rotatable bonds is 10. The Kier molecular flexibility index (Phi) is 10.6. The molecule has 0 spiro atoms. The van der Waals surface area contributed by atoms with Crippen LogP contribution in [0.2, 0.25) is 0 Å². The van der Waals surface area contributed by atoms with Crippen molar-refractivity contribution in [2.24, 2.45) is 39.9 Å². The summed E-state index contributed by atoms with van der Waals surface area (Å²) >= 11 is 0. The van der Waals surface area contributed by atoms with Gasteiger partial charge in [-0.1, -0.05) is 64.5 Å². The molecule has 47 heavy (non-hydrogen) atoms. The highest BCUT2D eigenvalue weighted by Crippen LogP contribution is 2.72. The zero-order chi connectivity index (χ0) is 34.6. The van der Waals surface area contributed by atoms with Gasteiger partial charge in [-0.15, -0.1) is 0 Å². The van der Waals surface area contributed by atoms with Crippen LogP contribution in [0.3, 0.4) is 0 Å². The van der Waals surface area contributed by atoms with E-state index in [1.54, 1.807) is 0 Å². The number of hydrogen-bond donors (Lipinski definition) is 4. The molecule has 1 heterocycles. The molecule has 1 saturated heterocycles. The number of aliphatic hydroxyl groups is 4. The second-order valence-corrected chi connectivity index (χ2v) is 16.0. The van der Waals surface area contributed by atoms with E-state index in [4.69, 9.17) is 18.9 Å². The van der Waals surface area contributed by atoms with Crippen molar-refractivity contribution in [3.63, 3.8) is 0 Å². The molecule has 0 aromatic rings. The van der Waals surface area contributed by atoms with Gasteiger partial charge in [0, 0.05) is 7.11 Å². The zero-order valence-electron chi connectivity index (χ0n) is 29.7. The highest BCUT2D eigenvalue weighted by Gasteiger charge is 2.72. The largest absolute Gasteiger partial charge is 0.468 e. The SMILES string of the molecule is C=C(CC[C@@H](C)[C@H]1C[C@@H](O)[C@@]2(C(=O)OC)C3=C(CC[C@]12C)[C@@]1(C)CC[C@H](O[C@H]2O[C@H](CO)[C@@H](OC)[C@H](O)[C@H]2O)C(=C)[C@@H]1CC3)C(C)C. The number of hydrogen-bond acceptors (Lipinski definition) is 9. The van der Waals surface area contributed by atoms with Gasteiger partial charge in [0.05, 0.1) is 25.9 Å². The van der Waals surface area contributed by atoms with E-state index in [0.29, 0.717) is 31.1 Å². The number of esters is 1. The van der Waals surface area contributed by atoms with Crippen LogP contribution in [0.5, 0.6) is 0 Å². The van der Waals surface area contributed by atoms with Crippen LogP contribution in [0.25, 0.3) is 0 Å². The van der Waals surface area contributed by atoms with Crippen LogP contribution in [0, 0.1) is 39.9 Å². The Balaban J connectivity index is 1.42. The first kappa shape index (κ1) is 36.7. The second kappa shape index (κ2) is 13.6. The molecule has 0 unspecified atom stereocenters. The molecule has 0 aromatic carbocycles. The summed E-state index contributed by atoms with van der Waals surface area (Å²) in [4.78, 5) is 14.2. The molecule has 3 fully saturated rings. The third kappa shape index (κ3) is 5.60. The number of fused-ring (bicyclic) bond motifs is 4. The number of carbonyl (C=O) groups is 1. The highest BCUT2D eigenvalue weighted by molar-refractivity contribution is 5.84. The summed E-state index contributed by atoms with van der Waals surface area (Å²) < 4.78 is 23.1. The monoisotopic (exact) mass is 660 g/mol. The fraction of sp³-hybridized carbons (Fsp3) is 0.816. The maximum absolute atomic E-state index is 14.2. The Morgan fingerprint density at radius 3 is 2.36 bits per heavy atom. The third-order valence-electron chi connectivity index (χ3n) is 13.7. The van der Waals surface area contributed by atoms with Gasteiger partial charge in [0.25, 0.3) is 0 Å². The van der Waals surface area contributed by atoms with E-state index in [9.17, 15) is 25.2 Å². The first-order valence-electron chi connectivity index (χ1n) is 17.8. The summed E-state index contributed by atoms with van der Waals surface area (Å²) in [6.45, 7) is 19.6. The average molecular weight is 661 g/mol. The number of ether oxygens (including phenoxy) is 4. The first-order chi connectivity index (χ1) is 22.1. The molecular formula is C38H60O9. The minimum Gasteiger partial charge on any atom is -0.468 e. The Hall–Kier alpha value is -1.59. The van der Waals surface area contributed by atoms with Crippen LogP contribution in [0.4, 0.5) is 0 Å². The predicted octanol–water partition coefficient (Wildman–Crippen LogP) is 4.86. The standard InChI is InChI=1S/C38H60O9/c1-20(2)21(3)10-11-22(4)27-18-30(40)38(35(43)45-9)26-13-12-24-23(5)28(15-16-36(24,6)25(26)14-17-37(27,38)7)46-34-32(42)31(41)33(44-8)29(19-39)47-34/h20,22,24,27-34,39-42H,3,5,10-19H2,1-2,4,6-9H3/t22-,24+,27-,28+,29-,30-,31-,32-,33-,34+,36+,37-,38-/m1/s1. The molecule has 13 atom stereocenters. The van der Waals surface area contributed by atoms with Gasteiger partial charge in [0.2, 0.25) is 0 Å². The molecule has 1 aliphatic heterocycles. The van der Waals surface area contributed by atoms with Gasteiger partial charge in [0.15, 0.2) is 6.29 Å².